The molecule has 1 aromatic heterocycles. The predicted molar refractivity (Wildman–Crippen MR) is 74.3 cm³/mol. The molecule has 3 heteroatoms. The number of benzene rings is 1. The molecule has 0 aliphatic carbocycles. The summed E-state index contributed by atoms with van der Waals surface area (Å²) in [4.78, 5) is 15.7. The van der Waals surface area contributed by atoms with Gasteiger partial charge in [0.25, 0.3) is 0 Å². The van der Waals surface area contributed by atoms with Crippen LogP contribution in [0.15, 0.2) is 23.0 Å². The summed E-state index contributed by atoms with van der Waals surface area (Å²) in [6.45, 7) is 4.64. The molecule has 0 saturated heterocycles. The van der Waals surface area contributed by atoms with Crippen molar-refractivity contribution < 1.29 is 4.74 Å². The summed E-state index contributed by atoms with van der Waals surface area (Å²) < 4.78 is 5.11. The van der Waals surface area contributed by atoms with E-state index in [0.717, 1.165) is 40.6 Å². The molecule has 1 heterocycles. The first-order chi connectivity index (χ1) is 8.69. The number of hydrogen-bond donors (Lipinski definition) is 1. The van der Waals surface area contributed by atoms with Gasteiger partial charge in [-0.15, -0.1) is 0 Å². The average molecular weight is 245 g/mol. The second-order valence-electron chi connectivity index (χ2n) is 4.49. The lowest BCUT2D eigenvalue weighted by molar-refractivity contribution is 0.202. The summed E-state index contributed by atoms with van der Waals surface area (Å²) in [5.74, 6) is 0. The maximum absolute atomic E-state index is 12.4. The molecular weight excluding hydrogens is 226 g/mol. The highest BCUT2D eigenvalue weighted by molar-refractivity contribution is 5.82. The molecule has 2 rings (SSSR count). The van der Waals surface area contributed by atoms with E-state index in [2.05, 4.69) is 4.98 Å². The summed E-state index contributed by atoms with van der Waals surface area (Å²) in [6, 6.07) is 5.88. The Morgan fingerprint density at radius 3 is 2.78 bits per heavy atom. The monoisotopic (exact) mass is 245 g/mol. The van der Waals surface area contributed by atoms with E-state index in [0.29, 0.717) is 6.61 Å². The number of para-hydroxylation sites is 1. The number of aryl methyl sites for hydroxylation is 1. The highest BCUT2D eigenvalue weighted by atomic mass is 16.5. The predicted octanol–water partition coefficient (Wildman–Crippen LogP) is 2.59. The van der Waals surface area contributed by atoms with Gasteiger partial charge >= 0.3 is 0 Å². The molecule has 2 aromatic rings. The molecule has 0 bridgehead atoms. The quantitative estimate of drug-likeness (QED) is 0.899. The number of H-pyrrole nitrogens is 1. The summed E-state index contributed by atoms with van der Waals surface area (Å²) in [5, 5.41) is 0.783. The van der Waals surface area contributed by atoms with E-state index in [1.54, 1.807) is 7.11 Å². The van der Waals surface area contributed by atoms with E-state index in [4.69, 9.17) is 4.74 Å². The van der Waals surface area contributed by atoms with Gasteiger partial charge in [0.1, 0.15) is 0 Å². The fraction of sp³-hybridized carbons (Fsp3) is 0.400. The topological polar surface area (TPSA) is 42.1 Å². The number of ether oxygens (including phenoxy) is 1. The van der Waals surface area contributed by atoms with Crippen molar-refractivity contribution in [3.05, 3.63) is 45.2 Å². The molecule has 0 unspecified atom stereocenters. The van der Waals surface area contributed by atoms with Crippen LogP contribution in [0.25, 0.3) is 10.9 Å². The zero-order valence-electron chi connectivity index (χ0n) is 11.2. The minimum absolute atomic E-state index is 0.156. The molecule has 0 spiro atoms. The van der Waals surface area contributed by atoms with Crippen molar-refractivity contribution in [2.75, 3.05) is 13.7 Å². The molecule has 1 aromatic carbocycles. The van der Waals surface area contributed by atoms with Gasteiger partial charge in [0.05, 0.1) is 12.1 Å². The number of hydrogen-bond acceptors (Lipinski definition) is 2. The number of pyridine rings is 1. The van der Waals surface area contributed by atoms with Crippen LogP contribution in [0.5, 0.6) is 0 Å². The van der Waals surface area contributed by atoms with Crippen molar-refractivity contribution in [1.82, 2.24) is 4.98 Å². The van der Waals surface area contributed by atoms with Crippen LogP contribution in [0.3, 0.4) is 0 Å². The standard InChI is InChI=1S/C15H19NO2/c1-4-12-10(2)16-14-11(8-9-18-3)6-5-7-13(14)15(12)17/h5-7H,4,8-9H2,1-3H3,(H,16,17). The second kappa shape index (κ2) is 5.36. The molecule has 0 aliphatic heterocycles. The van der Waals surface area contributed by atoms with Crippen LogP contribution < -0.4 is 5.43 Å². The Morgan fingerprint density at radius 2 is 2.11 bits per heavy atom. The number of aromatic amines is 1. The summed E-state index contributed by atoms with van der Waals surface area (Å²) in [5.41, 5.74) is 4.10. The van der Waals surface area contributed by atoms with Crippen molar-refractivity contribution in [2.45, 2.75) is 26.7 Å². The van der Waals surface area contributed by atoms with Gasteiger partial charge in [-0.25, -0.2) is 0 Å². The second-order valence-corrected chi connectivity index (χ2v) is 4.49. The number of methoxy groups -OCH3 is 1. The van der Waals surface area contributed by atoms with Crippen LogP contribution in [0.1, 0.15) is 23.7 Å². The van der Waals surface area contributed by atoms with Crippen LogP contribution in [0.2, 0.25) is 0 Å². The highest BCUT2D eigenvalue weighted by Gasteiger charge is 2.09. The van der Waals surface area contributed by atoms with E-state index in [1.807, 2.05) is 32.0 Å². The largest absolute Gasteiger partial charge is 0.384 e. The van der Waals surface area contributed by atoms with Gasteiger partial charge in [-0.3, -0.25) is 4.79 Å². The Bertz CT molecular complexity index is 614. The maximum atomic E-state index is 12.4. The Hall–Kier alpha value is -1.61. The molecule has 18 heavy (non-hydrogen) atoms. The smallest absolute Gasteiger partial charge is 0.192 e. The molecule has 0 saturated carbocycles. The molecule has 0 amide bonds. The van der Waals surface area contributed by atoms with Crippen molar-refractivity contribution >= 4 is 10.9 Å². The third-order valence-electron chi connectivity index (χ3n) is 3.36. The van der Waals surface area contributed by atoms with Crippen LogP contribution in [0.4, 0.5) is 0 Å². The van der Waals surface area contributed by atoms with Gasteiger partial charge in [-0.1, -0.05) is 19.1 Å². The van der Waals surface area contributed by atoms with E-state index in [9.17, 15) is 4.79 Å². The molecular formula is C15H19NO2. The van der Waals surface area contributed by atoms with Crippen molar-refractivity contribution in [3.8, 4) is 0 Å². The highest BCUT2D eigenvalue weighted by Crippen LogP contribution is 2.17. The zero-order chi connectivity index (χ0) is 13.1. The zero-order valence-corrected chi connectivity index (χ0v) is 11.2. The van der Waals surface area contributed by atoms with Crippen molar-refractivity contribution in [3.63, 3.8) is 0 Å². The Balaban J connectivity index is 2.67. The molecule has 1 N–H and O–H groups in total. The maximum Gasteiger partial charge on any atom is 0.192 e. The number of fused-ring (bicyclic) bond motifs is 1. The van der Waals surface area contributed by atoms with Crippen LogP contribution in [-0.4, -0.2) is 18.7 Å². The Kier molecular flexibility index (Phi) is 3.82. The third kappa shape index (κ3) is 2.18. The van der Waals surface area contributed by atoms with Gasteiger partial charge in [0, 0.05) is 23.8 Å². The minimum Gasteiger partial charge on any atom is -0.384 e. The van der Waals surface area contributed by atoms with E-state index in [-0.39, 0.29) is 5.43 Å². The van der Waals surface area contributed by atoms with Crippen LogP contribution >= 0.6 is 0 Å². The molecule has 0 aliphatic rings. The van der Waals surface area contributed by atoms with Gasteiger partial charge in [0.2, 0.25) is 0 Å². The van der Waals surface area contributed by atoms with Crippen LogP contribution in [-0.2, 0) is 17.6 Å². The summed E-state index contributed by atoms with van der Waals surface area (Å²) in [6.07, 6.45) is 1.58. The van der Waals surface area contributed by atoms with E-state index < -0.39 is 0 Å². The summed E-state index contributed by atoms with van der Waals surface area (Å²) >= 11 is 0. The number of nitrogens with one attached hydrogen (secondary N) is 1. The first-order valence-electron chi connectivity index (χ1n) is 6.31. The van der Waals surface area contributed by atoms with Gasteiger partial charge in [0.15, 0.2) is 5.43 Å². The van der Waals surface area contributed by atoms with Gasteiger partial charge in [-0.2, -0.15) is 0 Å². The van der Waals surface area contributed by atoms with Gasteiger partial charge < -0.3 is 9.72 Å². The minimum atomic E-state index is 0.156. The fourth-order valence-corrected chi connectivity index (χ4v) is 2.38. The summed E-state index contributed by atoms with van der Waals surface area (Å²) in [7, 11) is 1.69. The lowest BCUT2D eigenvalue weighted by Crippen LogP contribution is -2.13. The third-order valence-corrected chi connectivity index (χ3v) is 3.36. The van der Waals surface area contributed by atoms with E-state index >= 15 is 0 Å². The van der Waals surface area contributed by atoms with Crippen molar-refractivity contribution in [1.29, 1.82) is 0 Å². The normalized spacial score (nSPS) is 11.1. The van der Waals surface area contributed by atoms with E-state index in [1.165, 1.54) is 0 Å². The first-order valence-corrected chi connectivity index (χ1v) is 6.31. The molecule has 3 nitrogen and oxygen atoms in total. The molecule has 96 valence electrons. The van der Waals surface area contributed by atoms with Crippen LogP contribution in [0, 0.1) is 6.92 Å². The molecule has 0 atom stereocenters. The fourth-order valence-electron chi connectivity index (χ4n) is 2.38. The van der Waals surface area contributed by atoms with Crippen molar-refractivity contribution in [2.24, 2.45) is 0 Å². The average Bonchev–Trinajstić information content (AvgIpc) is 2.37. The van der Waals surface area contributed by atoms with Gasteiger partial charge in [-0.05, 0) is 31.4 Å². The SMILES string of the molecule is CCc1c(C)[nH]c2c(CCOC)cccc2c1=O. The molecule has 0 radical (unpaired) electrons. The lowest BCUT2D eigenvalue weighted by atomic mass is 10.0. The number of rotatable bonds is 4. The lowest BCUT2D eigenvalue weighted by Gasteiger charge is -2.10. The molecule has 0 fully saturated rings. The Labute approximate surface area is 107 Å². The Morgan fingerprint density at radius 1 is 1.33 bits per heavy atom. The number of aromatic nitrogens is 1. The first kappa shape index (κ1) is 12.8.